The molecule has 0 aromatic carbocycles. The Morgan fingerprint density at radius 1 is 1.21 bits per heavy atom. The summed E-state index contributed by atoms with van der Waals surface area (Å²) >= 11 is 0. The molecule has 0 rings (SSSR count). The van der Waals surface area contributed by atoms with Gasteiger partial charge in [-0.25, -0.2) is 0 Å². The molecule has 0 saturated heterocycles. The van der Waals surface area contributed by atoms with Gasteiger partial charge in [0.25, 0.3) is 0 Å². The van der Waals surface area contributed by atoms with Crippen molar-refractivity contribution in [1.29, 1.82) is 0 Å². The quantitative estimate of drug-likeness (QED) is 0.640. The lowest BCUT2D eigenvalue weighted by Gasteiger charge is -2.23. The molecule has 0 saturated carbocycles. The van der Waals surface area contributed by atoms with Crippen molar-refractivity contribution in [3.8, 4) is 0 Å². The fourth-order valence-electron chi connectivity index (χ4n) is 0.591. The normalized spacial score (nSPS) is 9.50. The van der Waals surface area contributed by atoms with E-state index in [4.69, 9.17) is 4.74 Å². The Kier molecular flexibility index (Phi) is 14.2. The van der Waals surface area contributed by atoms with Gasteiger partial charge in [-0.2, -0.15) is 0 Å². The Hall–Kier alpha value is -0.650. The van der Waals surface area contributed by atoms with Crippen LogP contribution in [-0.4, -0.2) is 51.4 Å². The topological polar surface area (TPSA) is 84.4 Å². The number of carbonyl (C=O) groups is 1. The highest BCUT2D eigenvalue weighted by molar-refractivity contribution is 5.65. The van der Waals surface area contributed by atoms with Gasteiger partial charge in [0.2, 0.25) is 0 Å². The van der Waals surface area contributed by atoms with Gasteiger partial charge in [0.05, 0.1) is 27.1 Å². The second-order valence-corrected chi connectivity index (χ2v) is 3.60. The Morgan fingerprint density at radius 3 is 1.57 bits per heavy atom. The van der Waals surface area contributed by atoms with E-state index in [1.165, 1.54) is 0 Å². The van der Waals surface area contributed by atoms with Crippen LogP contribution in [0.1, 0.15) is 13.8 Å². The lowest BCUT2D eigenvalue weighted by Crippen LogP contribution is -2.45. The molecule has 0 aromatic rings. The number of carboxylic acid groups (broad SMARTS) is 1. The maximum absolute atomic E-state index is 9.89. The van der Waals surface area contributed by atoms with Gasteiger partial charge < -0.3 is 25.3 Å². The molecule has 0 fully saturated rings. The van der Waals surface area contributed by atoms with Crippen molar-refractivity contribution >= 4 is 5.97 Å². The molecule has 5 nitrogen and oxygen atoms in total. The van der Waals surface area contributed by atoms with E-state index in [1.54, 1.807) is 21.1 Å². The van der Waals surface area contributed by atoms with Gasteiger partial charge in [-0.3, -0.25) is 0 Å². The predicted molar refractivity (Wildman–Crippen MR) is 55.1 cm³/mol. The Balaban J connectivity index is -0.000000177. The first-order valence-corrected chi connectivity index (χ1v) is 4.41. The first kappa shape index (κ1) is 19.0. The number of quaternary nitrogens is 1. The van der Waals surface area contributed by atoms with Crippen molar-refractivity contribution < 1.29 is 19.1 Å². The monoisotopic (exact) mass is 208 g/mol. The molecule has 0 unspecified atom stereocenters. The minimum atomic E-state index is -1.00. The maximum Gasteiger partial charge on any atom is 0.118 e. The summed E-state index contributed by atoms with van der Waals surface area (Å²) in [6.45, 7) is 5.74. The summed E-state index contributed by atoms with van der Waals surface area (Å²) in [4.78, 5) is 9.89. The molecule has 3 N–H and O–H groups in total. The summed E-state index contributed by atoms with van der Waals surface area (Å²) in [5.74, 6) is -1.00. The van der Waals surface area contributed by atoms with Crippen molar-refractivity contribution in [3.05, 3.63) is 0 Å². The van der Waals surface area contributed by atoms with Crippen molar-refractivity contribution in [2.45, 2.75) is 13.8 Å². The number of ether oxygens (including phenoxy) is 1. The lowest BCUT2D eigenvalue weighted by molar-refractivity contribution is -0.864. The number of hydrogen-bond donors (Lipinski definition) is 1. The second kappa shape index (κ2) is 10.4. The molecular formula is C9H24N2O3. The summed E-state index contributed by atoms with van der Waals surface area (Å²) in [5.41, 5.74) is 0. The summed E-state index contributed by atoms with van der Waals surface area (Å²) in [6.07, 6.45) is 0. The SMILES string of the molecule is CCOCC.C[N+](C)(C)CC(=O)[O-].N. The minimum Gasteiger partial charge on any atom is -0.544 e. The van der Waals surface area contributed by atoms with E-state index in [1.807, 2.05) is 13.8 Å². The summed E-state index contributed by atoms with van der Waals surface area (Å²) in [6, 6.07) is 0. The van der Waals surface area contributed by atoms with Crippen LogP contribution in [0, 0.1) is 0 Å². The zero-order chi connectivity index (χ0) is 10.9. The molecule has 0 bridgehead atoms. The third-order valence-corrected chi connectivity index (χ3v) is 1.01. The van der Waals surface area contributed by atoms with Crippen LogP contribution in [-0.2, 0) is 9.53 Å². The first-order valence-electron chi connectivity index (χ1n) is 4.41. The highest BCUT2D eigenvalue weighted by atomic mass is 16.5. The van der Waals surface area contributed by atoms with Crippen molar-refractivity contribution in [3.63, 3.8) is 0 Å². The molecule has 0 heterocycles. The van der Waals surface area contributed by atoms with Crippen LogP contribution in [0.3, 0.4) is 0 Å². The van der Waals surface area contributed by atoms with Crippen molar-refractivity contribution in [1.82, 2.24) is 6.15 Å². The van der Waals surface area contributed by atoms with Gasteiger partial charge in [-0.05, 0) is 13.8 Å². The second-order valence-electron chi connectivity index (χ2n) is 3.60. The lowest BCUT2D eigenvalue weighted by atomic mass is 10.5. The Morgan fingerprint density at radius 2 is 1.57 bits per heavy atom. The number of nitrogens with zero attached hydrogens (tertiary/aromatic N) is 1. The van der Waals surface area contributed by atoms with Crippen LogP contribution in [0.4, 0.5) is 0 Å². The molecule has 14 heavy (non-hydrogen) atoms. The van der Waals surface area contributed by atoms with Crippen LogP contribution >= 0.6 is 0 Å². The van der Waals surface area contributed by atoms with Crippen molar-refractivity contribution in [2.24, 2.45) is 0 Å². The van der Waals surface area contributed by atoms with Gasteiger partial charge in [-0.15, -0.1) is 0 Å². The minimum absolute atomic E-state index is 0. The van der Waals surface area contributed by atoms with Gasteiger partial charge in [0.15, 0.2) is 0 Å². The largest absolute Gasteiger partial charge is 0.544 e. The van der Waals surface area contributed by atoms with E-state index in [0.29, 0.717) is 4.48 Å². The van der Waals surface area contributed by atoms with Crippen LogP contribution < -0.4 is 11.3 Å². The summed E-state index contributed by atoms with van der Waals surface area (Å²) < 4.78 is 5.25. The Bertz CT molecular complexity index is 131. The zero-order valence-electron chi connectivity index (χ0n) is 10.0. The molecule has 0 spiro atoms. The molecule has 5 heteroatoms. The molecule has 0 amide bonds. The van der Waals surface area contributed by atoms with E-state index in [-0.39, 0.29) is 12.7 Å². The predicted octanol–water partition coefficient (Wildman–Crippen LogP) is -0.353. The average Bonchev–Trinajstić information content (AvgIpc) is 1.84. The third-order valence-electron chi connectivity index (χ3n) is 1.01. The van der Waals surface area contributed by atoms with E-state index < -0.39 is 5.97 Å². The molecule has 0 aliphatic heterocycles. The maximum atomic E-state index is 9.89. The standard InChI is InChI=1S/C5H11NO2.C4H10O.H3N/c1-6(2,3)4-5(7)8;1-3-5-4-2;/h4H2,1-3H3;3-4H2,1-2H3;1H3. The first-order chi connectivity index (χ1) is 5.83. The fourth-order valence-corrected chi connectivity index (χ4v) is 0.591. The van der Waals surface area contributed by atoms with Crippen LogP contribution in [0.5, 0.6) is 0 Å². The Labute approximate surface area is 86.8 Å². The molecule has 0 aliphatic carbocycles. The number of hydrogen-bond acceptors (Lipinski definition) is 4. The average molecular weight is 208 g/mol. The zero-order valence-corrected chi connectivity index (χ0v) is 10.0. The van der Waals surface area contributed by atoms with Gasteiger partial charge >= 0.3 is 0 Å². The van der Waals surface area contributed by atoms with Crippen LogP contribution in [0.15, 0.2) is 0 Å². The van der Waals surface area contributed by atoms with Crippen LogP contribution in [0.25, 0.3) is 0 Å². The number of carboxylic acids is 1. The van der Waals surface area contributed by atoms with Gasteiger partial charge in [0.1, 0.15) is 6.54 Å². The van der Waals surface area contributed by atoms with Crippen molar-refractivity contribution in [2.75, 3.05) is 40.9 Å². The molecule has 0 radical (unpaired) electrons. The molecule has 0 aliphatic rings. The molecule has 0 aromatic heterocycles. The summed E-state index contributed by atoms with van der Waals surface area (Å²) in [7, 11) is 5.40. The fraction of sp³-hybridized carbons (Fsp3) is 0.889. The number of rotatable bonds is 4. The van der Waals surface area contributed by atoms with Gasteiger partial charge in [0, 0.05) is 13.2 Å². The van der Waals surface area contributed by atoms with Crippen LogP contribution in [0.2, 0.25) is 0 Å². The number of likely N-dealkylation sites (N-methyl/N-ethyl adjacent to an activating group) is 1. The van der Waals surface area contributed by atoms with E-state index in [0.717, 1.165) is 13.2 Å². The molecule has 0 atom stereocenters. The molecule has 88 valence electrons. The van der Waals surface area contributed by atoms with E-state index in [9.17, 15) is 9.90 Å². The molecular weight excluding hydrogens is 184 g/mol. The van der Waals surface area contributed by atoms with Gasteiger partial charge in [-0.1, -0.05) is 0 Å². The highest BCUT2D eigenvalue weighted by Gasteiger charge is 2.04. The number of aliphatic carboxylic acids is 1. The summed E-state index contributed by atoms with van der Waals surface area (Å²) in [5, 5.41) is 9.89. The van der Waals surface area contributed by atoms with E-state index in [2.05, 4.69) is 0 Å². The number of carbonyl (C=O) groups excluding carboxylic acids is 1. The smallest absolute Gasteiger partial charge is 0.118 e. The third kappa shape index (κ3) is 30.2. The highest BCUT2D eigenvalue weighted by Crippen LogP contribution is 1.84. The van der Waals surface area contributed by atoms with E-state index >= 15 is 0 Å².